The van der Waals surface area contributed by atoms with E-state index >= 15 is 0 Å². The number of carbonyl (C=O) groups excluding carboxylic acids is 1. The molecule has 0 aliphatic heterocycles. The first-order chi connectivity index (χ1) is 15.5. The van der Waals surface area contributed by atoms with Crippen LogP contribution >= 0.6 is 0 Å². The van der Waals surface area contributed by atoms with E-state index in [4.69, 9.17) is 10.3 Å². The van der Waals surface area contributed by atoms with E-state index in [0.29, 0.717) is 43.9 Å². The molecule has 170 valence electrons. The first kappa shape index (κ1) is 23.5. The zero-order valence-electron chi connectivity index (χ0n) is 18.8. The molecule has 4 N–H and O–H groups in total. The second-order valence-corrected chi connectivity index (χ2v) is 8.17. The summed E-state index contributed by atoms with van der Waals surface area (Å²) in [4.78, 5) is 17.3. The van der Waals surface area contributed by atoms with Crippen molar-refractivity contribution in [1.29, 1.82) is 0 Å². The zero-order chi connectivity index (χ0) is 22.9. The van der Waals surface area contributed by atoms with Gasteiger partial charge in [0.25, 0.3) is 0 Å². The van der Waals surface area contributed by atoms with Gasteiger partial charge in [0.1, 0.15) is 11.8 Å². The molecule has 0 aliphatic carbocycles. The summed E-state index contributed by atoms with van der Waals surface area (Å²) in [6.45, 7) is 4.49. The molecule has 2 aromatic carbocycles. The number of phenolic OH excluding ortho intramolecular Hbond substituents is 1. The van der Waals surface area contributed by atoms with Crippen molar-refractivity contribution in [3.63, 3.8) is 0 Å². The zero-order valence-corrected chi connectivity index (χ0v) is 18.8. The standard InChI is InChI=1S/C25H32N4O3/c1-17-14-20(30)15-18(2)21(17)11-12-24(31)27-22(10-6-7-13-26)25-28-23(29-32-25)16-19-8-4-3-5-9-19/h3-5,8-9,14-15,22,30H,6-7,10-13,16,26H2,1-2H3,(H,27,31)/t22-/m0/s1. The van der Waals surface area contributed by atoms with Gasteiger partial charge in [-0.05, 0) is 80.5 Å². The molecule has 32 heavy (non-hydrogen) atoms. The number of aromatic hydroxyl groups is 1. The molecule has 0 aliphatic rings. The molecular formula is C25H32N4O3. The number of nitrogens with zero attached hydrogens (tertiary/aromatic N) is 2. The molecule has 0 radical (unpaired) electrons. The van der Waals surface area contributed by atoms with Crippen LogP contribution in [0.2, 0.25) is 0 Å². The number of hydrogen-bond donors (Lipinski definition) is 3. The van der Waals surface area contributed by atoms with Gasteiger partial charge >= 0.3 is 0 Å². The third-order valence-electron chi connectivity index (χ3n) is 5.55. The van der Waals surface area contributed by atoms with Gasteiger partial charge in [-0.25, -0.2) is 0 Å². The average Bonchev–Trinajstić information content (AvgIpc) is 3.21. The molecule has 0 unspecified atom stereocenters. The largest absolute Gasteiger partial charge is 0.508 e. The number of amides is 1. The Balaban J connectivity index is 1.64. The van der Waals surface area contributed by atoms with E-state index in [0.717, 1.165) is 35.1 Å². The second kappa shape index (κ2) is 11.4. The fourth-order valence-corrected chi connectivity index (χ4v) is 3.88. The van der Waals surface area contributed by atoms with Crippen molar-refractivity contribution in [3.05, 3.63) is 76.4 Å². The summed E-state index contributed by atoms with van der Waals surface area (Å²) in [5, 5.41) is 16.9. The van der Waals surface area contributed by atoms with Crippen LogP contribution in [0.15, 0.2) is 47.0 Å². The lowest BCUT2D eigenvalue weighted by Crippen LogP contribution is -2.29. The second-order valence-electron chi connectivity index (χ2n) is 8.17. The number of benzene rings is 2. The number of hydrogen-bond acceptors (Lipinski definition) is 6. The molecule has 0 bridgehead atoms. The maximum atomic E-state index is 12.7. The molecule has 1 heterocycles. The van der Waals surface area contributed by atoms with Gasteiger partial charge in [-0.1, -0.05) is 35.5 Å². The predicted molar refractivity (Wildman–Crippen MR) is 123 cm³/mol. The van der Waals surface area contributed by atoms with Crippen LogP contribution in [0, 0.1) is 13.8 Å². The highest BCUT2D eigenvalue weighted by Crippen LogP contribution is 2.23. The van der Waals surface area contributed by atoms with Gasteiger partial charge in [0.2, 0.25) is 11.8 Å². The van der Waals surface area contributed by atoms with E-state index in [2.05, 4.69) is 15.5 Å². The van der Waals surface area contributed by atoms with E-state index in [1.54, 1.807) is 12.1 Å². The number of phenols is 1. The summed E-state index contributed by atoms with van der Waals surface area (Å²) in [6.07, 6.45) is 3.92. The van der Waals surface area contributed by atoms with Crippen LogP contribution in [-0.2, 0) is 17.6 Å². The minimum absolute atomic E-state index is 0.0718. The number of carbonyl (C=O) groups is 1. The molecule has 1 aromatic heterocycles. The molecule has 3 aromatic rings. The number of nitrogens with two attached hydrogens (primary N) is 1. The van der Waals surface area contributed by atoms with Crippen molar-refractivity contribution in [3.8, 4) is 5.75 Å². The number of unbranched alkanes of at least 4 members (excludes halogenated alkanes) is 1. The van der Waals surface area contributed by atoms with Gasteiger partial charge in [-0.15, -0.1) is 0 Å². The van der Waals surface area contributed by atoms with Crippen LogP contribution in [0.4, 0.5) is 0 Å². The fourth-order valence-electron chi connectivity index (χ4n) is 3.88. The minimum atomic E-state index is -0.340. The molecule has 7 nitrogen and oxygen atoms in total. The summed E-state index contributed by atoms with van der Waals surface area (Å²) < 4.78 is 5.51. The summed E-state index contributed by atoms with van der Waals surface area (Å²) in [7, 11) is 0. The van der Waals surface area contributed by atoms with Crippen molar-refractivity contribution >= 4 is 5.91 Å². The summed E-state index contributed by atoms with van der Waals surface area (Å²) in [5.41, 5.74) is 9.79. The third-order valence-corrected chi connectivity index (χ3v) is 5.55. The molecule has 1 amide bonds. The molecule has 0 fully saturated rings. The van der Waals surface area contributed by atoms with Crippen LogP contribution in [0.3, 0.4) is 0 Å². The van der Waals surface area contributed by atoms with Gasteiger partial charge in [0.15, 0.2) is 5.82 Å². The smallest absolute Gasteiger partial charge is 0.249 e. The Morgan fingerprint density at radius 3 is 2.56 bits per heavy atom. The van der Waals surface area contributed by atoms with Crippen LogP contribution in [0.5, 0.6) is 5.75 Å². The van der Waals surface area contributed by atoms with Crippen LogP contribution < -0.4 is 11.1 Å². The van der Waals surface area contributed by atoms with Gasteiger partial charge in [0, 0.05) is 12.8 Å². The molecule has 0 spiro atoms. The van der Waals surface area contributed by atoms with E-state index in [9.17, 15) is 9.90 Å². The Morgan fingerprint density at radius 1 is 1.16 bits per heavy atom. The molecule has 7 heteroatoms. The van der Waals surface area contributed by atoms with Crippen molar-refractivity contribution in [1.82, 2.24) is 15.5 Å². The van der Waals surface area contributed by atoms with E-state index in [-0.39, 0.29) is 17.7 Å². The average molecular weight is 437 g/mol. The molecule has 1 atom stereocenters. The van der Waals surface area contributed by atoms with Crippen molar-refractivity contribution < 1.29 is 14.4 Å². The number of aryl methyl sites for hydroxylation is 2. The quantitative estimate of drug-likeness (QED) is 0.393. The molecule has 0 saturated carbocycles. The summed E-state index contributed by atoms with van der Waals surface area (Å²) >= 11 is 0. The lowest BCUT2D eigenvalue weighted by Gasteiger charge is -2.16. The Labute approximate surface area is 189 Å². The van der Waals surface area contributed by atoms with E-state index < -0.39 is 0 Å². The molecular weight excluding hydrogens is 404 g/mol. The first-order valence-corrected chi connectivity index (χ1v) is 11.1. The maximum Gasteiger partial charge on any atom is 0.249 e. The van der Waals surface area contributed by atoms with E-state index in [1.807, 2.05) is 44.2 Å². The van der Waals surface area contributed by atoms with Crippen LogP contribution in [-0.4, -0.2) is 27.7 Å². The van der Waals surface area contributed by atoms with Crippen molar-refractivity contribution in [2.75, 3.05) is 6.54 Å². The van der Waals surface area contributed by atoms with Crippen LogP contribution in [0.25, 0.3) is 0 Å². The van der Waals surface area contributed by atoms with Gasteiger partial charge in [-0.3, -0.25) is 4.79 Å². The summed E-state index contributed by atoms with van der Waals surface area (Å²) in [5.74, 6) is 1.20. The Morgan fingerprint density at radius 2 is 1.88 bits per heavy atom. The Kier molecular flexibility index (Phi) is 8.39. The fraction of sp³-hybridized carbons (Fsp3) is 0.400. The highest BCUT2D eigenvalue weighted by atomic mass is 16.5. The Bertz CT molecular complexity index is 994. The molecule has 3 rings (SSSR count). The highest BCUT2D eigenvalue weighted by molar-refractivity contribution is 5.76. The number of aromatic nitrogens is 2. The third kappa shape index (κ3) is 6.65. The van der Waals surface area contributed by atoms with Crippen LogP contribution in [0.1, 0.15) is 65.7 Å². The maximum absolute atomic E-state index is 12.7. The van der Waals surface area contributed by atoms with Crippen molar-refractivity contribution in [2.24, 2.45) is 5.73 Å². The van der Waals surface area contributed by atoms with Gasteiger partial charge in [0.05, 0.1) is 0 Å². The number of rotatable bonds is 11. The number of nitrogens with one attached hydrogen (secondary N) is 1. The topological polar surface area (TPSA) is 114 Å². The lowest BCUT2D eigenvalue weighted by atomic mass is 9.98. The normalized spacial score (nSPS) is 12.0. The monoisotopic (exact) mass is 436 g/mol. The minimum Gasteiger partial charge on any atom is -0.508 e. The highest BCUT2D eigenvalue weighted by Gasteiger charge is 2.21. The molecule has 0 saturated heterocycles. The lowest BCUT2D eigenvalue weighted by molar-refractivity contribution is -0.122. The Hall–Kier alpha value is -3.19. The predicted octanol–water partition coefficient (Wildman–Crippen LogP) is 3.90. The van der Waals surface area contributed by atoms with E-state index in [1.165, 1.54) is 0 Å². The SMILES string of the molecule is Cc1cc(O)cc(C)c1CCC(=O)N[C@@H](CCCCN)c1nc(Cc2ccccc2)no1. The summed E-state index contributed by atoms with van der Waals surface area (Å²) in [6, 6.07) is 13.1. The first-order valence-electron chi connectivity index (χ1n) is 11.1. The van der Waals surface area contributed by atoms with Gasteiger partial charge < -0.3 is 20.7 Å². The van der Waals surface area contributed by atoms with Crippen molar-refractivity contribution in [2.45, 2.75) is 58.4 Å². The van der Waals surface area contributed by atoms with Gasteiger partial charge in [-0.2, -0.15) is 4.98 Å².